The molecule has 1 aliphatic rings. The van der Waals surface area contributed by atoms with Crippen LogP contribution in [-0.4, -0.2) is 29.8 Å². The van der Waals surface area contributed by atoms with Gasteiger partial charge in [0.25, 0.3) is 11.8 Å². The van der Waals surface area contributed by atoms with Gasteiger partial charge in [-0.25, -0.2) is 0 Å². The van der Waals surface area contributed by atoms with Crippen molar-refractivity contribution in [3.63, 3.8) is 0 Å². The summed E-state index contributed by atoms with van der Waals surface area (Å²) in [5.41, 5.74) is 1.29. The fraction of sp³-hybridized carbons (Fsp3) is 0.273. The van der Waals surface area contributed by atoms with Crippen molar-refractivity contribution in [3.8, 4) is 0 Å². The number of anilines is 1. The molecular formula is C22H21ClN2O2S. The summed E-state index contributed by atoms with van der Waals surface area (Å²) in [6, 6.07) is 14.7. The molecule has 2 heterocycles. The van der Waals surface area contributed by atoms with Crippen molar-refractivity contribution < 1.29 is 9.59 Å². The van der Waals surface area contributed by atoms with E-state index in [2.05, 4.69) is 12.2 Å². The number of carbonyl (C=O) groups excluding carboxylic acids is 2. The lowest BCUT2D eigenvalue weighted by Gasteiger charge is -2.30. The van der Waals surface area contributed by atoms with E-state index in [9.17, 15) is 9.59 Å². The van der Waals surface area contributed by atoms with Crippen LogP contribution in [0.3, 0.4) is 0 Å². The van der Waals surface area contributed by atoms with E-state index in [0.717, 1.165) is 36.0 Å². The molecule has 0 unspecified atom stereocenters. The predicted octanol–water partition coefficient (Wildman–Crippen LogP) is 5.68. The van der Waals surface area contributed by atoms with Gasteiger partial charge in [-0.3, -0.25) is 9.59 Å². The van der Waals surface area contributed by atoms with Crippen molar-refractivity contribution in [1.82, 2.24) is 4.90 Å². The highest BCUT2D eigenvalue weighted by Gasteiger charge is 2.21. The summed E-state index contributed by atoms with van der Waals surface area (Å²) in [5.74, 6) is 0.495. The van der Waals surface area contributed by atoms with Gasteiger partial charge in [0.1, 0.15) is 4.88 Å². The largest absolute Gasteiger partial charge is 0.339 e. The fourth-order valence-corrected chi connectivity index (χ4v) is 4.85. The van der Waals surface area contributed by atoms with Crippen molar-refractivity contribution in [2.45, 2.75) is 19.8 Å². The molecule has 4 rings (SSSR count). The van der Waals surface area contributed by atoms with E-state index in [1.165, 1.54) is 11.3 Å². The molecule has 6 heteroatoms. The van der Waals surface area contributed by atoms with E-state index in [1.807, 2.05) is 29.2 Å². The number of nitrogens with zero attached hydrogens (tertiary/aromatic N) is 1. The van der Waals surface area contributed by atoms with Crippen LogP contribution < -0.4 is 5.32 Å². The van der Waals surface area contributed by atoms with Gasteiger partial charge in [0.2, 0.25) is 0 Å². The van der Waals surface area contributed by atoms with E-state index < -0.39 is 0 Å². The summed E-state index contributed by atoms with van der Waals surface area (Å²) >= 11 is 7.75. The topological polar surface area (TPSA) is 49.4 Å². The Morgan fingerprint density at radius 2 is 1.75 bits per heavy atom. The average Bonchev–Trinajstić information content (AvgIpc) is 3.06. The Bertz CT molecular complexity index is 1020. The van der Waals surface area contributed by atoms with Crippen LogP contribution in [0.1, 0.15) is 39.8 Å². The van der Waals surface area contributed by atoms with E-state index in [1.54, 1.807) is 24.3 Å². The zero-order valence-electron chi connectivity index (χ0n) is 15.6. The Balaban J connectivity index is 1.46. The molecule has 0 saturated carbocycles. The van der Waals surface area contributed by atoms with Crippen LogP contribution in [0.15, 0.2) is 48.5 Å². The Kier molecular flexibility index (Phi) is 5.38. The van der Waals surface area contributed by atoms with Crippen LogP contribution in [0.5, 0.6) is 0 Å². The Labute approximate surface area is 173 Å². The molecule has 0 atom stereocenters. The number of amides is 2. The van der Waals surface area contributed by atoms with Crippen molar-refractivity contribution in [2.75, 3.05) is 18.4 Å². The SMILES string of the molecule is CC1CCN(C(=O)c2ccc(NC(=O)c3sc4ccccc4c3Cl)cc2)CC1. The van der Waals surface area contributed by atoms with Gasteiger partial charge in [0, 0.05) is 34.4 Å². The maximum Gasteiger partial charge on any atom is 0.267 e. The molecule has 28 heavy (non-hydrogen) atoms. The molecule has 4 nitrogen and oxygen atoms in total. The second-order valence-electron chi connectivity index (χ2n) is 7.25. The first-order chi connectivity index (χ1) is 13.5. The molecule has 2 aromatic carbocycles. The number of thiophene rings is 1. The van der Waals surface area contributed by atoms with Crippen molar-refractivity contribution >= 4 is 50.5 Å². The lowest BCUT2D eigenvalue weighted by Crippen LogP contribution is -2.37. The highest BCUT2D eigenvalue weighted by atomic mass is 35.5. The number of likely N-dealkylation sites (tertiary alicyclic amines) is 1. The predicted molar refractivity (Wildman–Crippen MR) is 116 cm³/mol. The highest BCUT2D eigenvalue weighted by Crippen LogP contribution is 2.35. The Hall–Kier alpha value is -2.37. The number of hydrogen-bond donors (Lipinski definition) is 1. The summed E-state index contributed by atoms with van der Waals surface area (Å²) in [4.78, 5) is 27.7. The first-order valence-electron chi connectivity index (χ1n) is 9.40. The van der Waals surface area contributed by atoms with E-state index in [4.69, 9.17) is 11.6 Å². The Morgan fingerprint density at radius 1 is 1.07 bits per heavy atom. The number of piperidine rings is 1. The average molecular weight is 413 g/mol. The monoisotopic (exact) mass is 412 g/mol. The summed E-state index contributed by atoms with van der Waals surface area (Å²) in [5, 5.41) is 4.24. The first-order valence-corrected chi connectivity index (χ1v) is 10.6. The minimum Gasteiger partial charge on any atom is -0.339 e. The van der Waals surface area contributed by atoms with Crippen molar-refractivity contribution in [3.05, 3.63) is 64.0 Å². The Morgan fingerprint density at radius 3 is 2.43 bits per heavy atom. The van der Waals surface area contributed by atoms with Gasteiger partial charge < -0.3 is 10.2 Å². The number of hydrogen-bond acceptors (Lipinski definition) is 3. The fourth-order valence-electron chi connectivity index (χ4n) is 3.44. The molecule has 0 aliphatic carbocycles. The molecule has 0 spiro atoms. The van der Waals surface area contributed by atoms with E-state index in [0.29, 0.717) is 27.1 Å². The minimum absolute atomic E-state index is 0.0531. The molecule has 2 amide bonds. The second-order valence-corrected chi connectivity index (χ2v) is 8.68. The van der Waals surface area contributed by atoms with Crippen LogP contribution in [0.25, 0.3) is 10.1 Å². The molecule has 0 bridgehead atoms. The maximum atomic E-state index is 12.6. The van der Waals surface area contributed by atoms with Gasteiger partial charge in [-0.1, -0.05) is 36.7 Å². The molecule has 1 saturated heterocycles. The summed E-state index contributed by atoms with van der Waals surface area (Å²) in [6.07, 6.45) is 2.10. The van der Waals surface area contributed by atoms with Gasteiger partial charge >= 0.3 is 0 Å². The van der Waals surface area contributed by atoms with Crippen LogP contribution in [0.2, 0.25) is 5.02 Å². The number of nitrogens with one attached hydrogen (secondary N) is 1. The van der Waals surface area contributed by atoms with Crippen LogP contribution in [0, 0.1) is 5.92 Å². The van der Waals surface area contributed by atoms with Crippen molar-refractivity contribution in [1.29, 1.82) is 0 Å². The highest BCUT2D eigenvalue weighted by molar-refractivity contribution is 7.21. The zero-order valence-corrected chi connectivity index (χ0v) is 17.1. The molecule has 1 fully saturated rings. The van der Waals surface area contributed by atoms with Crippen molar-refractivity contribution in [2.24, 2.45) is 5.92 Å². The number of fused-ring (bicyclic) bond motifs is 1. The van der Waals surface area contributed by atoms with Crippen LogP contribution >= 0.6 is 22.9 Å². The molecule has 1 N–H and O–H groups in total. The lowest BCUT2D eigenvalue weighted by molar-refractivity contribution is 0.0697. The van der Waals surface area contributed by atoms with Crippen LogP contribution in [0.4, 0.5) is 5.69 Å². The zero-order chi connectivity index (χ0) is 19.7. The van der Waals surface area contributed by atoms with E-state index in [-0.39, 0.29) is 11.8 Å². The van der Waals surface area contributed by atoms with Gasteiger partial charge in [-0.15, -0.1) is 11.3 Å². The lowest BCUT2D eigenvalue weighted by atomic mass is 9.98. The molecule has 144 valence electrons. The number of rotatable bonds is 3. The summed E-state index contributed by atoms with van der Waals surface area (Å²) in [7, 11) is 0. The molecule has 0 radical (unpaired) electrons. The normalized spacial score (nSPS) is 15.0. The smallest absolute Gasteiger partial charge is 0.267 e. The standard InChI is InChI=1S/C22H21ClN2O2S/c1-14-10-12-25(13-11-14)22(27)15-6-8-16(9-7-15)24-21(26)20-19(23)17-4-2-3-5-18(17)28-20/h2-9,14H,10-13H2,1H3,(H,24,26). The quantitative estimate of drug-likeness (QED) is 0.601. The van der Waals surface area contributed by atoms with E-state index >= 15 is 0 Å². The molecule has 1 aliphatic heterocycles. The van der Waals surface area contributed by atoms with Crippen LogP contribution in [-0.2, 0) is 0 Å². The third-order valence-electron chi connectivity index (χ3n) is 5.20. The molecule has 1 aromatic heterocycles. The molecular weight excluding hydrogens is 392 g/mol. The molecule has 3 aromatic rings. The van der Waals surface area contributed by atoms with Gasteiger partial charge in [-0.2, -0.15) is 0 Å². The number of halogens is 1. The number of benzene rings is 2. The summed E-state index contributed by atoms with van der Waals surface area (Å²) < 4.78 is 0.981. The van der Waals surface area contributed by atoms with Gasteiger partial charge in [0.05, 0.1) is 5.02 Å². The first kappa shape index (κ1) is 19.0. The second kappa shape index (κ2) is 7.94. The summed E-state index contributed by atoms with van der Waals surface area (Å²) in [6.45, 7) is 3.84. The number of carbonyl (C=O) groups is 2. The van der Waals surface area contributed by atoms with Gasteiger partial charge in [0.15, 0.2) is 0 Å². The maximum absolute atomic E-state index is 12.6. The third-order valence-corrected chi connectivity index (χ3v) is 6.88. The minimum atomic E-state index is -0.240. The van der Waals surface area contributed by atoms with Gasteiger partial charge in [-0.05, 0) is 49.1 Å². The third kappa shape index (κ3) is 3.77.